The van der Waals surface area contributed by atoms with E-state index in [1.54, 1.807) is 7.11 Å². The minimum atomic E-state index is 0.898. The van der Waals surface area contributed by atoms with E-state index < -0.39 is 0 Å². The Morgan fingerprint density at radius 2 is 2.07 bits per heavy atom. The molecule has 0 aliphatic carbocycles. The van der Waals surface area contributed by atoms with E-state index in [0.29, 0.717) is 0 Å². The van der Waals surface area contributed by atoms with Crippen LogP contribution in [-0.2, 0) is 0 Å². The molecule has 0 bridgehead atoms. The van der Waals surface area contributed by atoms with Gasteiger partial charge in [0.15, 0.2) is 0 Å². The van der Waals surface area contributed by atoms with Crippen LogP contribution in [0.3, 0.4) is 0 Å². The van der Waals surface area contributed by atoms with Crippen molar-refractivity contribution in [3.63, 3.8) is 0 Å². The van der Waals surface area contributed by atoms with Gasteiger partial charge in [-0.2, -0.15) is 0 Å². The van der Waals surface area contributed by atoms with Crippen molar-refractivity contribution in [3.8, 4) is 5.75 Å². The largest absolute Gasteiger partial charge is 0.497 e. The molecule has 0 aromatic heterocycles. The molecule has 0 unspecified atom stereocenters. The Morgan fingerprint density at radius 3 is 2.67 bits per heavy atom. The summed E-state index contributed by atoms with van der Waals surface area (Å²) in [5, 5.41) is 0. The lowest BCUT2D eigenvalue weighted by atomic mass is 10.1. The van der Waals surface area contributed by atoms with Crippen LogP contribution in [-0.4, -0.2) is 19.9 Å². The molecule has 0 atom stereocenters. The molecular formula is C13H15NO. The third-order valence-corrected chi connectivity index (χ3v) is 2.48. The number of rotatable bonds is 2. The molecule has 0 spiro atoms. The standard InChI is InChI=1S/C13H15NO/c1-15-13-6-4-11(5-7-13)9-12-3-2-8-14-10-12/h4-7,9-10H,2-3,8H2,1H3. The lowest BCUT2D eigenvalue weighted by Gasteiger charge is -2.06. The van der Waals surface area contributed by atoms with Crippen LogP contribution in [0.15, 0.2) is 34.8 Å². The monoisotopic (exact) mass is 201 g/mol. The number of benzene rings is 1. The zero-order valence-corrected chi connectivity index (χ0v) is 8.94. The first-order valence-corrected chi connectivity index (χ1v) is 5.23. The highest BCUT2D eigenvalue weighted by atomic mass is 16.5. The zero-order valence-electron chi connectivity index (χ0n) is 8.94. The van der Waals surface area contributed by atoms with Crippen molar-refractivity contribution in [2.45, 2.75) is 12.8 Å². The molecule has 15 heavy (non-hydrogen) atoms. The average Bonchev–Trinajstić information content (AvgIpc) is 2.31. The van der Waals surface area contributed by atoms with Crippen molar-refractivity contribution >= 4 is 12.3 Å². The van der Waals surface area contributed by atoms with E-state index in [9.17, 15) is 0 Å². The van der Waals surface area contributed by atoms with E-state index in [0.717, 1.165) is 18.7 Å². The zero-order chi connectivity index (χ0) is 10.5. The maximum atomic E-state index is 5.11. The molecule has 0 saturated carbocycles. The van der Waals surface area contributed by atoms with Gasteiger partial charge in [-0.1, -0.05) is 18.2 Å². The molecule has 0 amide bonds. The summed E-state index contributed by atoms with van der Waals surface area (Å²) < 4.78 is 5.11. The number of allylic oxidation sites excluding steroid dienone is 1. The topological polar surface area (TPSA) is 21.6 Å². The molecule has 1 aromatic carbocycles. The predicted octanol–water partition coefficient (Wildman–Crippen LogP) is 2.94. The molecule has 2 nitrogen and oxygen atoms in total. The highest BCUT2D eigenvalue weighted by molar-refractivity contribution is 5.86. The maximum absolute atomic E-state index is 5.11. The molecular weight excluding hydrogens is 186 g/mol. The van der Waals surface area contributed by atoms with Crippen molar-refractivity contribution in [2.75, 3.05) is 13.7 Å². The van der Waals surface area contributed by atoms with Gasteiger partial charge in [-0.05, 0) is 36.1 Å². The molecule has 1 heterocycles. The lowest BCUT2D eigenvalue weighted by molar-refractivity contribution is 0.415. The van der Waals surface area contributed by atoms with E-state index in [4.69, 9.17) is 4.74 Å². The first-order chi connectivity index (χ1) is 7.38. The van der Waals surface area contributed by atoms with Gasteiger partial charge < -0.3 is 4.74 Å². The van der Waals surface area contributed by atoms with Crippen molar-refractivity contribution in [2.24, 2.45) is 4.99 Å². The van der Waals surface area contributed by atoms with E-state index in [1.807, 2.05) is 18.3 Å². The molecule has 0 saturated heterocycles. The summed E-state index contributed by atoms with van der Waals surface area (Å²) in [5.74, 6) is 0.898. The van der Waals surface area contributed by atoms with Crippen LogP contribution in [0.5, 0.6) is 5.75 Å². The highest BCUT2D eigenvalue weighted by Gasteiger charge is 2.00. The Bertz CT molecular complexity index is 376. The Kier molecular flexibility index (Phi) is 3.18. The fraction of sp³-hybridized carbons (Fsp3) is 0.308. The van der Waals surface area contributed by atoms with Crippen molar-refractivity contribution in [1.29, 1.82) is 0 Å². The van der Waals surface area contributed by atoms with E-state index in [1.165, 1.54) is 17.6 Å². The van der Waals surface area contributed by atoms with Crippen molar-refractivity contribution < 1.29 is 4.74 Å². The van der Waals surface area contributed by atoms with Gasteiger partial charge >= 0.3 is 0 Å². The Morgan fingerprint density at radius 1 is 1.27 bits per heavy atom. The van der Waals surface area contributed by atoms with Crippen LogP contribution in [0.2, 0.25) is 0 Å². The molecule has 0 radical (unpaired) electrons. The Hall–Kier alpha value is -1.57. The summed E-state index contributed by atoms with van der Waals surface area (Å²) in [7, 11) is 1.68. The van der Waals surface area contributed by atoms with Gasteiger partial charge in [-0.3, -0.25) is 4.99 Å². The van der Waals surface area contributed by atoms with E-state index in [-0.39, 0.29) is 0 Å². The summed E-state index contributed by atoms with van der Waals surface area (Å²) in [5.41, 5.74) is 2.52. The number of hydrogen-bond acceptors (Lipinski definition) is 2. The highest BCUT2D eigenvalue weighted by Crippen LogP contribution is 2.16. The second kappa shape index (κ2) is 4.78. The normalized spacial score (nSPS) is 18.1. The number of nitrogens with zero attached hydrogens (tertiary/aromatic N) is 1. The Balaban J connectivity index is 2.15. The van der Waals surface area contributed by atoms with Crippen molar-refractivity contribution in [3.05, 3.63) is 35.4 Å². The third kappa shape index (κ3) is 2.69. The first kappa shape index (κ1) is 9.97. The maximum Gasteiger partial charge on any atom is 0.118 e. The predicted molar refractivity (Wildman–Crippen MR) is 63.6 cm³/mol. The van der Waals surface area contributed by atoms with Crippen LogP contribution < -0.4 is 4.74 Å². The minimum Gasteiger partial charge on any atom is -0.497 e. The molecule has 1 aromatic rings. The van der Waals surface area contributed by atoms with Crippen LogP contribution in [0.25, 0.3) is 6.08 Å². The lowest BCUT2D eigenvalue weighted by Crippen LogP contribution is -1.96. The summed E-state index contributed by atoms with van der Waals surface area (Å²) in [4.78, 5) is 4.27. The average molecular weight is 201 g/mol. The van der Waals surface area contributed by atoms with Gasteiger partial charge in [0, 0.05) is 12.8 Å². The van der Waals surface area contributed by atoms with Crippen LogP contribution in [0, 0.1) is 0 Å². The molecule has 1 aliphatic heterocycles. The fourth-order valence-electron chi connectivity index (χ4n) is 1.64. The number of ether oxygens (including phenoxy) is 1. The number of hydrogen-bond donors (Lipinski definition) is 0. The van der Waals surface area contributed by atoms with Crippen molar-refractivity contribution in [1.82, 2.24) is 0 Å². The summed E-state index contributed by atoms with van der Waals surface area (Å²) >= 11 is 0. The molecule has 2 heteroatoms. The molecule has 1 aliphatic rings. The fourth-order valence-corrected chi connectivity index (χ4v) is 1.64. The SMILES string of the molecule is COc1ccc(C=C2C=NCCC2)cc1. The molecule has 0 fully saturated rings. The Labute approximate surface area is 90.3 Å². The summed E-state index contributed by atoms with van der Waals surface area (Å²) in [6, 6.07) is 8.08. The smallest absolute Gasteiger partial charge is 0.118 e. The van der Waals surface area contributed by atoms with E-state index >= 15 is 0 Å². The molecule has 2 rings (SSSR count). The number of methoxy groups -OCH3 is 1. The second-order valence-electron chi connectivity index (χ2n) is 3.63. The van der Waals surface area contributed by atoms with Gasteiger partial charge in [0.25, 0.3) is 0 Å². The van der Waals surface area contributed by atoms with Crippen LogP contribution in [0.1, 0.15) is 18.4 Å². The minimum absolute atomic E-state index is 0.898. The van der Waals surface area contributed by atoms with Gasteiger partial charge in [-0.25, -0.2) is 0 Å². The second-order valence-corrected chi connectivity index (χ2v) is 3.63. The van der Waals surface area contributed by atoms with Gasteiger partial charge in [-0.15, -0.1) is 0 Å². The van der Waals surface area contributed by atoms with Gasteiger partial charge in [0.05, 0.1) is 7.11 Å². The summed E-state index contributed by atoms with van der Waals surface area (Å²) in [6.45, 7) is 0.972. The van der Waals surface area contributed by atoms with Crippen LogP contribution >= 0.6 is 0 Å². The van der Waals surface area contributed by atoms with Gasteiger partial charge in [0.1, 0.15) is 5.75 Å². The van der Waals surface area contributed by atoms with E-state index in [2.05, 4.69) is 23.2 Å². The van der Waals surface area contributed by atoms with Gasteiger partial charge in [0.2, 0.25) is 0 Å². The first-order valence-electron chi connectivity index (χ1n) is 5.23. The molecule has 78 valence electrons. The molecule has 0 N–H and O–H groups in total. The number of aliphatic imine (C=N–C) groups is 1. The van der Waals surface area contributed by atoms with Crippen LogP contribution in [0.4, 0.5) is 0 Å². The summed E-state index contributed by atoms with van der Waals surface area (Å²) in [6.07, 6.45) is 6.46. The quantitative estimate of drug-likeness (QED) is 0.721. The third-order valence-electron chi connectivity index (χ3n) is 2.48.